The summed E-state index contributed by atoms with van der Waals surface area (Å²) in [6, 6.07) is 7.02. The Kier molecular flexibility index (Phi) is 5.65. The topological polar surface area (TPSA) is 74.3 Å². The largest absolute Gasteiger partial charge is 0.497 e. The van der Waals surface area contributed by atoms with Crippen molar-refractivity contribution in [3.05, 3.63) is 41.7 Å². The SMILES string of the molecule is COc1ccc(Cn2c(C)c[n+]3c2N=C2C3C(=O)N(CCN3CCCCC3)C(=O)N2C)cc1. The number of hydrogen-bond donors (Lipinski definition) is 0. The van der Waals surface area contributed by atoms with Crippen molar-refractivity contribution in [1.29, 1.82) is 0 Å². The summed E-state index contributed by atoms with van der Waals surface area (Å²) in [4.78, 5) is 36.5. The van der Waals surface area contributed by atoms with Crippen LogP contribution in [0.25, 0.3) is 0 Å². The second-order valence-electron chi connectivity index (χ2n) is 9.02. The molecule has 0 N–H and O–H groups in total. The monoisotopic (exact) mass is 451 g/mol. The summed E-state index contributed by atoms with van der Waals surface area (Å²) in [5.41, 5.74) is 2.11. The maximum Gasteiger partial charge on any atom is 0.402 e. The molecule has 174 valence electrons. The van der Waals surface area contributed by atoms with Gasteiger partial charge in [-0.05, 0) is 50.6 Å². The zero-order chi connectivity index (χ0) is 23.1. The Balaban J connectivity index is 1.39. The molecule has 0 spiro atoms. The van der Waals surface area contributed by atoms with Crippen LogP contribution in [0.3, 0.4) is 0 Å². The van der Waals surface area contributed by atoms with Crippen LogP contribution in [0.2, 0.25) is 0 Å². The Morgan fingerprint density at radius 1 is 1.09 bits per heavy atom. The molecule has 0 saturated carbocycles. The predicted octanol–water partition coefficient (Wildman–Crippen LogP) is 2.11. The number of aliphatic imine (C=N–C) groups is 1. The number of carbonyl (C=O) groups is 2. The molecule has 0 radical (unpaired) electrons. The molecule has 3 aliphatic rings. The second kappa shape index (κ2) is 8.62. The number of benzene rings is 1. The van der Waals surface area contributed by atoms with E-state index in [-0.39, 0.29) is 11.9 Å². The van der Waals surface area contributed by atoms with Gasteiger partial charge in [0.05, 0.1) is 13.7 Å². The minimum atomic E-state index is -0.597. The number of piperidine rings is 1. The van der Waals surface area contributed by atoms with Crippen molar-refractivity contribution in [2.45, 2.75) is 38.8 Å². The first kappa shape index (κ1) is 21.6. The predicted molar refractivity (Wildman–Crippen MR) is 123 cm³/mol. The van der Waals surface area contributed by atoms with Crippen LogP contribution in [-0.4, -0.2) is 77.4 Å². The number of likely N-dealkylation sites (N-methyl/N-ethyl adjacent to an activating group) is 1. The number of aryl methyl sites for hydroxylation is 1. The summed E-state index contributed by atoms with van der Waals surface area (Å²) in [5.74, 6) is 1.80. The standard InChI is InChI=1S/C24H31N6O3/c1-17-15-30-20-21(25-23(30)29(17)16-18-7-9-19(33-3)10-8-18)26(2)24(32)28(22(20)31)14-13-27-11-5-4-6-12-27/h7-10,15,20H,4-6,11-14,16H2,1-3H3/q+1. The highest BCUT2D eigenvalue weighted by atomic mass is 16.5. The fourth-order valence-electron chi connectivity index (χ4n) is 4.97. The summed E-state index contributed by atoms with van der Waals surface area (Å²) in [5, 5.41) is 0. The third-order valence-electron chi connectivity index (χ3n) is 6.91. The normalized spacial score (nSPS) is 20.7. The van der Waals surface area contributed by atoms with Crippen LogP contribution in [0, 0.1) is 6.92 Å². The van der Waals surface area contributed by atoms with E-state index in [1.807, 2.05) is 42.0 Å². The summed E-state index contributed by atoms with van der Waals surface area (Å²) in [6.07, 6.45) is 5.59. The van der Waals surface area contributed by atoms with E-state index in [0.29, 0.717) is 24.9 Å². The summed E-state index contributed by atoms with van der Waals surface area (Å²) in [6.45, 7) is 5.84. The number of amidine groups is 1. The molecule has 0 bridgehead atoms. The van der Waals surface area contributed by atoms with Crippen molar-refractivity contribution in [3.8, 4) is 5.75 Å². The highest BCUT2D eigenvalue weighted by molar-refractivity contribution is 6.19. The van der Waals surface area contributed by atoms with E-state index in [0.717, 1.165) is 36.6 Å². The Bertz CT molecular complexity index is 1100. The van der Waals surface area contributed by atoms with E-state index in [4.69, 9.17) is 9.73 Å². The van der Waals surface area contributed by atoms with Gasteiger partial charge in [-0.2, -0.15) is 0 Å². The third-order valence-corrected chi connectivity index (χ3v) is 6.91. The number of imidazole rings is 1. The quantitative estimate of drug-likeness (QED) is 0.631. The third kappa shape index (κ3) is 3.80. The molecule has 3 aliphatic heterocycles. The number of hydrogen-bond acceptors (Lipinski definition) is 5. The molecule has 33 heavy (non-hydrogen) atoms. The lowest BCUT2D eigenvalue weighted by atomic mass is 10.1. The number of rotatable bonds is 6. The highest BCUT2D eigenvalue weighted by Crippen LogP contribution is 2.30. The summed E-state index contributed by atoms with van der Waals surface area (Å²) >= 11 is 0. The first-order valence-electron chi connectivity index (χ1n) is 11.6. The summed E-state index contributed by atoms with van der Waals surface area (Å²) in [7, 11) is 3.36. The van der Waals surface area contributed by atoms with Crippen molar-refractivity contribution in [3.63, 3.8) is 0 Å². The van der Waals surface area contributed by atoms with Crippen LogP contribution in [0.5, 0.6) is 5.75 Å². The smallest absolute Gasteiger partial charge is 0.402 e. The van der Waals surface area contributed by atoms with Gasteiger partial charge in [-0.1, -0.05) is 23.5 Å². The number of amides is 3. The fraction of sp³-hybridized carbons (Fsp3) is 0.500. The number of methoxy groups -OCH3 is 1. The van der Waals surface area contributed by atoms with Gasteiger partial charge in [0.25, 0.3) is 5.91 Å². The molecule has 1 atom stereocenters. The van der Waals surface area contributed by atoms with Gasteiger partial charge >= 0.3 is 12.0 Å². The number of aromatic nitrogens is 2. The van der Waals surface area contributed by atoms with Crippen LogP contribution in [0.15, 0.2) is 35.5 Å². The average molecular weight is 452 g/mol. The molecule has 1 aromatic carbocycles. The Labute approximate surface area is 193 Å². The molecular weight excluding hydrogens is 420 g/mol. The van der Waals surface area contributed by atoms with Crippen molar-refractivity contribution in [1.82, 2.24) is 19.3 Å². The molecule has 4 heterocycles. The zero-order valence-electron chi connectivity index (χ0n) is 19.5. The number of fused-ring (bicyclic) bond motifs is 3. The average Bonchev–Trinajstić information content (AvgIpc) is 3.34. The number of imide groups is 1. The van der Waals surface area contributed by atoms with Crippen LogP contribution in [0.4, 0.5) is 10.7 Å². The lowest BCUT2D eigenvalue weighted by Crippen LogP contribution is -2.63. The van der Waals surface area contributed by atoms with Crippen LogP contribution < -0.4 is 9.30 Å². The van der Waals surface area contributed by atoms with Gasteiger partial charge in [-0.15, -0.1) is 0 Å². The Hall–Kier alpha value is -3.20. The number of urea groups is 1. The van der Waals surface area contributed by atoms with Gasteiger partial charge in [-0.25, -0.2) is 13.9 Å². The number of nitrogens with zero attached hydrogens (tertiary/aromatic N) is 6. The number of ether oxygens (including phenoxy) is 1. The van der Waals surface area contributed by atoms with E-state index in [1.165, 1.54) is 29.1 Å². The van der Waals surface area contributed by atoms with E-state index in [9.17, 15) is 9.59 Å². The van der Waals surface area contributed by atoms with Crippen LogP contribution in [0.1, 0.15) is 36.6 Å². The molecule has 2 saturated heterocycles. The van der Waals surface area contributed by atoms with Gasteiger partial charge in [0.15, 0.2) is 0 Å². The molecule has 3 amide bonds. The molecule has 1 unspecified atom stereocenters. The van der Waals surface area contributed by atoms with Gasteiger partial charge in [-0.3, -0.25) is 14.6 Å². The first-order chi connectivity index (χ1) is 16.0. The number of carbonyl (C=O) groups excluding carboxylic acids is 2. The maximum absolute atomic E-state index is 13.5. The van der Waals surface area contributed by atoms with E-state index in [1.54, 1.807) is 14.2 Å². The summed E-state index contributed by atoms with van der Waals surface area (Å²) < 4.78 is 9.24. The van der Waals surface area contributed by atoms with E-state index < -0.39 is 6.04 Å². The van der Waals surface area contributed by atoms with Gasteiger partial charge in [0, 0.05) is 20.1 Å². The molecule has 2 fully saturated rings. The van der Waals surface area contributed by atoms with Crippen LogP contribution in [-0.2, 0) is 11.3 Å². The highest BCUT2D eigenvalue weighted by Gasteiger charge is 2.53. The van der Waals surface area contributed by atoms with Gasteiger partial charge < -0.3 is 9.64 Å². The first-order valence-corrected chi connectivity index (χ1v) is 11.6. The lowest BCUT2D eigenvalue weighted by Gasteiger charge is -2.35. The Morgan fingerprint density at radius 2 is 1.82 bits per heavy atom. The second-order valence-corrected chi connectivity index (χ2v) is 9.02. The maximum atomic E-state index is 13.5. The van der Waals surface area contributed by atoms with Crippen molar-refractivity contribution in [2.75, 3.05) is 40.3 Å². The van der Waals surface area contributed by atoms with Crippen molar-refractivity contribution < 1.29 is 18.9 Å². The number of likely N-dealkylation sites (tertiary alicyclic amines) is 1. The van der Waals surface area contributed by atoms with Gasteiger partial charge in [0.1, 0.15) is 17.6 Å². The fourth-order valence-corrected chi connectivity index (χ4v) is 4.97. The minimum absolute atomic E-state index is 0.195. The van der Waals surface area contributed by atoms with E-state index in [2.05, 4.69) is 9.47 Å². The van der Waals surface area contributed by atoms with Crippen molar-refractivity contribution in [2.24, 2.45) is 4.99 Å². The lowest BCUT2D eigenvalue weighted by molar-refractivity contribution is -0.677. The minimum Gasteiger partial charge on any atom is -0.497 e. The molecular formula is C24H31N6O3+. The zero-order valence-corrected chi connectivity index (χ0v) is 19.5. The van der Waals surface area contributed by atoms with Gasteiger partial charge in [0.2, 0.25) is 11.9 Å². The molecule has 5 rings (SSSR count). The van der Waals surface area contributed by atoms with Crippen LogP contribution >= 0.6 is 0 Å². The van der Waals surface area contributed by atoms with E-state index >= 15 is 0 Å². The van der Waals surface area contributed by atoms with Crippen molar-refractivity contribution >= 4 is 23.7 Å². The molecule has 2 aromatic rings. The molecule has 9 nitrogen and oxygen atoms in total. The molecule has 0 aliphatic carbocycles. The Morgan fingerprint density at radius 3 is 2.52 bits per heavy atom. The molecule has 1 aromatic heterocycles. The molecule has 9 heteroatoms.